The number of hydrogen-bond acceptors (Lipinski definition) is 3. The molecule has 122 valence electrons. The summed E-state index contributed by atoms with van der Waals surface area (Å²) in [6, 6.07) is 2.75. The fourth-order valence-electron chi connectivity index (χ4n) is 2.50. The Morgan fingerprint density at radius 1 is 1.36 bits per heavy atom. The minimum Gasteiger partial charge on any atom is -0.481 e. The van der Waals surface area contributed by atoms with E-state index in [4.69, 9.17) is 5.11 Å². The van der Waals surface area contributed by atoms with Gasteiger partial charge in [0.05, 0.1) is 16.9 Å². The molecule has 0 spiro atoms. The van der Waals surface area contributed by atoms with Crippen molar-refractivity contribution in [1.29, 1.82) is 0 Å². The molecule has 1 aliphatic heterocycles. The summed E-state index contributed by atoms with van der Waals surface area (Å²) in [7, 11) is -4.15. The molecule has 1 unspecified atom stereocenters. The Kier molecular flexibility index (Phi) is 4.48. The minimum atomic E-state index is -4.64. The third-order valence-corrected chi connectivity index (χ3v) is 5.45. The van der Waals surface area contributed by atoms with Crippen LogP contribution in [0.4, 0.5) is 13.2 Å². The minimum absolute atomic E-state index is 0.108. The lowest BCUT2D eigenvalue weighted by atomic mass is 10.2. The van der Waals surface area contributed by atoms with Crippen molar-refractivity contribution in [1.82, 2.24) is 4.31 Å². The number of halogens is 3. The lowest BCUT2D eigenvalue weighted by molar-refractivity contribution is -0.138. The van der Waals surface area contributed by atoms with Gasteiger partial charge in [-0.25, -0.2) is 8.42 Å². The highest BCUT2D eigenvalue weighted by Gasteiger charge is 2.38. The van der Waals surface area contributed by atoms with E-state index in [-0.39, 0.29) is 13.0 Å². The van der Waals surface area contributed by atoms with E-state index in [0.29, 0.717) is 18.9 Å². The molecule has 22 heavy (non-hydrogen) atoms. The molecule has 0 bridgehead atoms. The van der Waals surface area contributed by atoms with Gasteiger partial charge in [-0.05, 0) is 31.0 Å². The highest BCUT2D eigenvalue weighted by Crippen LogP contribution is 2.33. The van der Waals surface area contributed by atoms with Gasteiger partial charge in [0.1, 0.15) is 0 Å². The van der Waals surface area contributed by atoms with Crippen molar-refractivity contribution in [2.24, 2.45) is 0 Å². The third kappa shape index (κ3) is 3.41. The highest BCUT2D eigenvalue weighted by atomic mass is 32.2. The molecule has 0 aliphatic carbocycles. The summed E-state index contributed by atoms with van der Waals surface area (Å²) in [4.78, 5) is 10.3. The standard InChI is InChI=1S/C13H14F3NO4S/c14-13(15,16)9-3-1-5-11(7-9)22(20,21)17-6-2-4-10(17)8-12(18)19/h1,3,5,7,10H,2,4,6,8H2,(H,18,19). The van der Waals surface area contributed by atoms with Gasteiger partial charge in [0, 0.05) is 12.6 Å². The molecule has 1 aromatic carbocycles. The van der Waals surface area contributed by atoms with Crippen molar-refractivity contribution < 1.29 is 31.5 Å². The first-order valence-electron chi connectivity index (χ1n) is 6.53. The SMILES string of the molecule is O=C(O)CC1CCCN1S(=O)(=O)c1cccc(C(F)(F)F)c1. The van der Waals surface area contributed by atoms with E-state index >= 15 is 0 Å². The average molecular weight is 337 g/mol. The van der Waals surface area contributed by atoms with Crippen molar-refractivity contribution >= 4 is 16.0 Å². The van der Waals surface area contributed by atoms with Gasteiger partial charge in [0.2, 0.25) is 10.0 Å². The van der Waals surface area contributed by atoms with Crippen molar-refractivity contribution in [2.45, 2.75) is 36.4 Å². The van der Waals surface area contributed by atoms with Crippen molar-refractivity contribution in [3.63, 3.8) is 0 Å². The molecule has 0 saturated carbocycles. The fraction of sp³-hybridized carbons (Fsp3) is 0.462. The molecule has 1 heterocycles. The smallest absolute Gasteiger partial charge is 0.416 e. The largest absolute Gasteiger partial charge is 0.481 e. The monoisotopic (exact) mass is 337 g/mol. The third-order valence-electron chi connectivity index (χ3n) is 3.50. The van der Waals surface area contributed by atoms with E-state index in [1.165, 1.54) is 0 Å². The molecule has 1 aromatic rings. The van der Waals surface area contributed by atoms with Crippen LogP contribution in [-0.4, -0.2) is 36.4 Å². The average Bonchev–Trinajstić information content (AvgIpc) is 2.86. The molecule has 2 rings (SSSR count). The van der Waals surface area contributed by atoms with E-state index in [2.05, 4.69) is 0 Å². The molecule has 1 atom stereocenters. The molecule has 1 N–H and O–H groups in total. The predicted octanol–water partition coefficient (Wildman–Crippen LogP) is 2.33. The summed E-state index contributed by atoms with van der Waals surface area (Å²) in [5, 5.41) is 8.81. The van der Waals surface area contributed by atoms with Gasteiger partial charge in [-0.15, -0.1) is 0 Å². The molecular weight excluding hydrogens is 323 g/mol. The van der Waals surface area contributed by atoms with Crippen LogP contribution in [0.2, 0.25) is 0 Å². The molecule has 9 heteroatoms. The molecule has 0 aromatic heterocycles. The second-order valence-corrected chi connectivity index (χ2v) is 6.93. The van der Waals surface area contributed by atoms with Gasteiger partial charge in [-0.1, -0.05) is 6.07 Å². The summed E-state index contributed by atoms with van der Waals surface area (Å²) >= 11 is 0. The van der Waals surface area contributed by atoms with Crippen LogP contribution in [0, 0.1) is 0 Å². The van der Waals surface area contributed by atoms with Crippen LogP contribution >= 0.6 is 0 Å². The first-order valence-corrected chi connectivity index (χ1v) is 7.97. The van der Waals surface area contributed by atoms with E-state index in [1.807, 2.05) is 0 Å². The lowest BCUT2D eigenvalue weighted by Gasteiger charge is -2.23. The molecule has 1 saturated heterocycles. The zero-order valence-electron chi connectivity index (χ0n) is 11.4. The maximum Gasteiger partial charge on any atom is 0.416 e. The van der Waals surface area contributed by atoms with E-state index < -0.39 is 38.7 Å². The number of nitrogens with zero attached hydrogens (tertiary/aromatic N) is 1. The number of rotatable bonds is 4. The maximum atomic E-state index is 12.7. The Morgan fingerprint density at radius 2 is 2.05 bits per heavy atom. The van der Waals surface area contributed by atoms with Gasteiger partial charge < -0.3 is 5.11 Å². The summed E-state index contributed by atoms with van der Waals surface area (Å²) < 4.78 is 64.0. The van der Waals surface area contributed by atoms with Crippen LogP contribution in [-0.2, 0) is 21.0 Å². The van der Waals surface area contributed by atoms with Crippen LogP contribution in [0.3, 0.4) is 0 Å². The number of carboxylic acids is 1. The van der Waals surface area contributed by atoms with E-state index in [0.717, 1.165) is 22.5 Å². The maximum absolute atomic E-state index is 12.7. The molecule has 0 amide bonds. The van der Waals surface area contributed by atoms with Crippen LogP contribution < -0.4 is 0 Å². The highest BCUT2D eigenvalue weighted by molar-refractivity contribution is 7.89. The Hall–Kier alpha value is -1.61. The number of aliphatic carboxylic acids is 1. The Labute approximate surface area is 125 Å². The fourth-order valence-corrected chi connectivity index (χ4v) is 4.24. The zero-order chi connectivity index (χ0) is 16.5. The van der Waals surface area contributed by atoms with Crippen molar-refractivity contribution in [3.8, 4) is 0 Å². The molecule has 0 radical (unpaired) electrons. The second kappa shape index (κ2) is 5.88. The second-order valence-electron chi connectivity index (χ2n) is 5.04. The quantitative estimate of drug-likeness (QED) is 0.915. The van der Waals surface area contributed by atoms with Gasteiger partial charge in [-0.3, -0.25) is 4.79 Å². The van der Waals surface area contributed by atoms with Gasteiger partial charge in [0.15, 0.2) is 0 Å². The molecule has 1 fully saturated rings. The predicted molar refractivity (Wildman–Crippen MR) is 70.6 cm³/mol. The van der Waals surface area contributed by atoms with Crippen LogP contribution in [0.15, 0.2) is 29.2 Å². The summed E-state index contributed by atoms with van der Waals surface area (Å²) in [6.45, 7) is 0.108. The zero-order valence-corrected chi connectivity index (χ0v) is 12.2. The van der Waals surface area contributed by atoms with Crippen molar-refractivity contribution in [2.75, 3.05) is 6.54 Å². The van der Waals surface area contributed by atoms with Crippen LogP contribution in [0.1, 0.15) is 24.8 Å². The number of carboxylic acid groups (broad SMARTS) is 1. The summed E-state index contributed by atoms with van der Waals surface area (Å²) in [6.07, 6.45) is -4.14. The normalized spacial score (nSPS) is 20.2. The summed E-state index contributed by atoms with van der Waals surface area (Å²) in [5.74, 6) is -1.14. The van der Waals surface area contributed by atoms with Crippen LogP contribution in [0.25, 0.3) is 0 Å². The number of carbonyl (C=O) groups is 1. The van der Waals surface area contributed by atoms with E-state index in [9.17, 15) is 26.4 Å². The molecular formula is C13H14F3NO4S. The topological polar surface area (TPSA) is 74.7 Å². The van der Waals surface area contributed by atoms with Gasteiger partial charge in [-0.2, -0.15) is 17.5 Å². The molecule has 5 nitrogen and oxygen atoms in total. The Morgan fingerprint density at radius 3 is 2.64 bits per heavy atom. The Balaban J connectivity index is 2.36. The van der Waals surface area contributed by atoms with Crippen molar-refractivity contribution in [3.05, 3.63) is 29.8 Å². The lowest BCUT2D eigenvalue weighted by Crippen LogP contribution is -2.36. The van der Waals surface area contributed by atoms with Gasteiger partial charge in [0.25, 0.3) is 0 Å². The number of alkyl halides is 3. The number of hydrogen-bond donors (Lipinski definition) is 1. The number of sulfonamides is 1. The Bertz CT molecular complexity index is 672. The van der Waals surface area contributed by atoms with Crippen LogP contribution in [0.5, 0.6) is 0 Å². The molecule has 1 aliphatic rings. The summed E-state index contributed by atoms with van der Waals surface area (Å²) in [5.41, 5.74) is -1.05. The van der Waals surface area contributed by atoms with E-state index in [1.54, 1.807) is 0 Å². The number of benzene rings is 1. The first kappa shape index (κ1) is 16.8. The first-order chi connectivity index (χ1) is 10.1. The van der Waals surface area contributed by atoms with Gasteiger partial charge >= 0.3 is 12.1 Å².